The first-order valence-electron chi connectivity index (χ1n) is 3.63. The molecule has 9 heavy (non-hydrogen) atoms. The summed E-state index contributed by atoms with van der Waals surface area (Å²) in [6, 6.07) is 0. The van der Waals surface area contributed by atoms with Crippen LogP contribution in [0, 0.1) is 11.8 Å². The Morgan fingerprint density at radius 2 is 2.44 bits per heavy atom. The summed E-state index contributed by atoms with van der Waals surface area (Å²) in [4.78, 5) is 0. The average Bonchev–Trinajstić information content (AvgIpc) is 2.60. The van der Waals surface area contributed by atoms with Crippen molar-refractivity contribution in [2.75, 3.05) is 7.11 Å². The number of methoxy groups -OCH3 is 1. The van der Waals surface area contributed by atoms with Crippen molar-refractivity contribution in [2.24, 2.45) is 11.8 Å². The number of hydrogen-bond donors (Lipinski definition) is 0. The van der Waals surface area contributed by atoms with Crippen LogP contribution in [-0.2, 0) is 4.74 Å². The van der Waals surface area contributed by atoms with Crippen LogP contribution in [0.15, 0.2) is 12.2 Å². The van der Waals surface area contributed by atoms with E-state index < -0.39 is 0 Å². The van der Waals surface area contributed by atoms with Crippen LogP contribution in [0.5, 0.6) is 0 Å². The highest BCUT2D eigenvalue weighted by molar-refractivity contribution is 5.13. The summed E-state index contributed by atoms with van der Waals surface area (Å²) in [5.74, 6) is 1.66. The standard InChI is InChI=1S/C8H12O/c1-9-8-6-4-2-3-5-7(6)8/h2,4,6-8H,3,5H2,1H3/t6-,7-,8-/m1/s1. The summed E-state index contributed by atoms with van der Waals surface area (Å²) in [6.07, 6.45) is 7.77. The molecule has 2 aliphatic rings. The van der Waals surface area contributed by atoms with Crippen molar-refractivity contribution in [3.63, 3.8) is 0 Å². The highest BCUT2D eigenvalue weighted by Gasteiger charge is 2.49. The average molecular weight is 124 g/mol. The molecule has 0 amide bonds. The number of hydrogen-bond acceptors (Lipinski definition) is 1. The molecule has 0 unspecified atom stereocenters. The Hall–Kier alpha value is -0.300. The lowest BCUT2D eigenvalue weighted by Crippen LogP contribution is -1.89. The van der Waals surface area contributed by atoms with Crippen molar-refractivity contribution in [1.82, 2.24) is 0 Å². The molecule has 0 spiro atoms. The lowest BCUT2D eigenvalue weighted by Gasteiger charge is -1.96. The van der Waals surface area contributed by atoms with Crippen molar-refractivity contribution < 1.29 is 4.74 Å². The quantitative estimate of drug-likeness (QED) is 0.482. The van der Waals surface area contributed by atoms with Gasteiger partial charge in [0, 0.05) is 13.0 Å². The fourth-order valence-corrected chi connectivity index (χ4v) is 1.85. The Balaban J connectivity index is 2.02. The lowest BCUT2D eigenvalue weighted by molar-refractivity contribution is 0.163. The van der Waals surface area contributed by atoms with Gasteiger partial charge in [0.05, 0.1) is 6.10 Å². The molecule has 0 bridgehead atoms. The zero-order valence-corrected chi connectivity index (χ0v) is 5.71. The van der Waals surface area contributed by atoms with Gasteiger partial charge in [0.15, 0.2) is 0 Å². The molecule has 2 rings (SSSR count). The molecule has 1 fully saturated rings. The van der Waals surface area contributed by atoms with Crippen LogP contribution < -0.4 is 0 Å². The predicted octanol–water partition coefficient (Wildman–Crippen LogP) is 1.60. The molecule has 0 aromatic rings. The molecule has 1 nitrogen and oxygen atoms in total. The van der Waals surface area contributed by atoms with E-state index in [4.69, 9.17) is 4.74 Å². The van der Waals surface area contributed by atoms with E-state index in [2.05, 4.69) is 12.2 Å². The Morgan fingerprint density at radius 3 is 3.00 bits per heavy atom. The van der Waals surface area contributed by atoms with E-state index in [1.165, 1.54) is 12.8 Å². The molecule has 0 aromatic carbocycles. The van der Waals surface area contributed by atoms with E-state index in [1.54, 1.807) is 0 Å². The van der Waals surface area contributed by atoms with Crippen LogP contribution in [0.25, 0.3) is 0 Å². The van der Waals surface area contributed by atoms with Gasteiger partial charge in [0.1, 0.15) is 0 Å². The van der Waals surface area contributed by atoms with Crippen LogP contribution in [-0.4, -0.2) is 13.2 Å². The maximum atomic E-state index is 5.26. The van der Waals surface area contributed by atoms with Gasteiger partial charge in [-0.3, -0.25) is 0 Å². The first kappa shape index (κ1) is 5.48. The SMILES string of the molecule is CO[C@@H]1[C@@H]2C=CCC[C@H]21. The zero-order valence-electron chi connectivity index (χ0n) is 5.71. The molecular formula is C8H12O. The first-order valence-corrected chi connectivity index (χ1v) is 3.63. The third-order valence-electron chi connectivity index (χ3n) is 2.45. The number of allylic oxidation sites excluding steroid dienone is 1. The van der Waals surface area contributed by atoms with E-state index in [9.17, 15) is 0 Å². The van der Waals surface area contributed by atoms with Crippen molar-refractivity contribution in [3.8, 4) is 0 Å². The van der Waals surface area contributed by atoms with Crippen LogP contribution in [0.1, 0.15) is 12.8 Å². The summed E-state index contributed by atoms with van der Waals surface area (Å²) in [6.45, 7) is 0. The molecule has 0 heterocycles. The normalized spacial score (nSPS) is 46.6. The summed E-state index contributed by atoms with van der Waals surface area (Å²) < 4.78 is 5.26. The second-order valence-corrected chi connectivity index (χ2v) is 2.95. The van der Waals surface area contributed by atoms with Crippen LogP contribution in [0.4, 0.5) is 0 Å². The molecule has 0 radical (unpaired) electrons. The van der Waals surface area contributed by atoms with Gasteiger partial charge in [-0.15, -0.1) is 0 Å². The highest BCUT2D eigenvalue weighted by Crippen LogP contribution is 2.48. The number of fused-ring (bicyclic) bond motifs is 1. The van der Waals surface area contributed by atoms with Crippen LogP contribution in [0.2, 0.25) is 0 Å². The van der Waals surface area contributed by atoms with Gasteiger partial charge in [-0.2, -0.15) is 0 Å². The number of ether oxygens (including phenoxy) is 1. The molecule has 50 valence electrons. The van der Waals surface area contributed by atoms with Crippen molar-refractivity contribution in [3.05, 3.63) is 12.2 Å². The van der Waals surface area contributed by atoms with Crippen LogP contribution >= 0.6 is 0 Å². The molecule has 2 aliphatic carbocycles. The van der Waals surface area contributed by atoms with Gasteiger partial charge in [-0.1, -0.05) is 12.2 Å². The molecule has 0 saturated heterocycles. The lowest BCUT2D eigenvalue weighted by atomic mass is 10.1. The summed E-state index contributed by atoms with van der Waals surface area (Å²) >= 11 is 0. The van der Waals surface area contributed by atoms with Gasteiger partial charge < -0.3 is 4.74 Å². The molecule has 0 N–H and O–H groups in total. The second-order valence-electron chi connectivity index (χ2n) is 2.95. The third kappa shape index (κ3) is 0.715. The summed E-state index contributed by atoms with van der Waals surface area (Å²) in [5, 5.41) is 0. The van der Waals surface area contributed by atoms with E-state index in [0.717, 1.165) is 11.8 Å². The molecule has 1 saturated carbocycles. The molecule has 0 aliphatic heterocycles. The maximum absolute atomic E-state index is 5.26. The minimum absolute atomic E-state index is 0.573. The maximum Gasteiger partial charge on any atom is 0.0672 e. The third-order valence-corrected chi connectivity index (χ3v) is 2.45. The fourth-order valence-electron chi connectivity index (χ4n) is 1.85. The van der Waals surface area contributed by atoms with Crippen molar-refractivity contribution in [2.45, 2.75) is 18.9 Å². The largest absolute Gasteiger partial charge is 0.381 e. The summed E-state index contributed by atoms with van der Waals surface area (Å²) in [5.41, 5.74) is 0. The molecule has 0 aromatic heterocycles. The van der Waals surface area contributed by atoms with Crippen molar-refractivity contribution >= 4 is 0 Å². The van der Waals surface area contributed by atoms with Gasteiger partial charge in [-0.05, 0) is 18.8 Å². The topological polar surface area (TPSA) is 9.23 Å². The van der Waals surface area contributed by atoms with E-state index in [0.29, 0.717) is 6.10 Å². The molecular weight excluding hydrogens is 112 g/mol. The van der Waals surface area contributed by atoms with Gasteiger partial charge >= 0.3 is 0 Å². The van der Waals surface area contributed by atoms with Crippen molar-refractivity contribution in [1.29, 1.82) is 0 Å². The smallest absolute Gasteiger partial charge is 0.0672 e. The first-order chi connectivity index (χ1) is 4.43. The van der Waals surface area contributed by atoms with E-state index in [-0.39, 0.29) is 0 Å². The Bertz CT molecular complexity index is 136. The van der Waals surface area contributed by atoms with E-state index in [1.807, 2.05) is 7.11 Å². The number of rotatable bonds is 1. The monoisotopic (exact) mass is 124 g/mol. The minimum Gasteiger partial charge on any atom is -0.381 e. The molecule has 3 atom stereocenters. The van der Waals surface area contributed by atoms with Gasteiger partial charge in [0.2, 0.25) is 0 Å². The van der Waals surface area contributed by atoms with Gasteiger partial charge in [0.25, 0.3) is 0 Å². The summed E-state index contributed by atoms with van der Waals surface area (Å²) in [7, 11) is 1.82. The fraction of sp³-hybridized carbons (Fsp3) is 0.750. The predicted molar refractivity (Wildman–Crippen MR) is 36.2 cm³/mol. The Labute approximate surface area is 55.7 Å². The Morgan fingerprint density at radius 1 is 1.56 bits per heavy atom. The van der Waals surface area contributed by atoms with Crippen LogP contribution in [0.3, 0.4) is 0 Å². The minimum atomic E-state index is 0.573. The highest BCUT2D eigenvalue weighted by atomic mass is 16.5. The van der Waals surface area contributed by atoms with E-state index >= 15 is 0 Å². The zero-order chi connectivity index (χ0) is 6.27. The second kappa shape index (κ2) is 1.84. The molecule has 1 heteroatoms. The van der Waals surface area contributed by atoms with Gasteiger partial charge in [-0.25, -0.2) is 0 Å². The Kier molecular flexibility index (Phi) is 1.12.